The fourth-order valence-electron chi connectivity index (χ4n) is 3.40. The van der Waals surface area contributed by atoms with E-state index in [-0.39, 0.29) is 0 Å². The second-order valence-electron chi connectivity index (χ2n) is 7.36. The number of aryl methyl sites for hydroxylation is 1. The molecule has 1 saturated heterocycles. The highest BCUT2D eigenvalue weighted by Crippen LogP contribution is 2.33. The van der Waals surface area contributed by atoms with Crippen LogP contribution in [0.3, 0.4) is 0 Å². The largest absolute Gasteiger partial charge is 0.388 e. The number of anilines is 2. The molecule has 0 aliphatic carbocycles. The molecule has 0 atom stereocenters. The number of aliphatic hydroxyl groups is 1. The number of pyridine rings is 1. The molecule has 0 aromatic carbocycles. The molecule has 4 heterocycles. The predicted octanol–water partition coefficient (Wildman–Crippen LogP) is 1.52. The molecule has 1 fully saturated rings. The lowest BCUT2D eigenvalue weighted by Crippen LogP contribution is -2.48. The highest BCUT2D eigenvalue weighted by Gasteiger charge is 2.32. The highest BCUT2D eigenvalue weighted by atomic mass is 32.1. The van der Waals surface area contributed by atoms with Gasteiger partial charge in [-0.25, -0.2) is 14.5 Å². The topological polar surface area (TPSA) is 95.8 Å². The molecule has 3 N–H and O–H groups in total. The first-order chi connectivity index (χ1) is 12.9. The number of piperidine rings is 1. The van der Waals surface area contributed by atoms with Crippen LogP contribution < -0.4 is 15.5 Å². The Labute approximate surface area is 162 Å². The van der Waals surface area contributed by atoms with E-state index in [1.54, 1.807) is 11.3 Å². The number of rotatable bonds is 4. The average molecular weight is 388 g/mol. The Hall–Kier alpha value is -2.23. The van der Waals surface area contributed by atoms with Crippen molar-refractivity contribution in [1.82, 2.24) is 19.6 Å². The molecular formula is C18H25N7OS. The minimum absolute atomic E-state index is 0.305. The van der Waals surface area contributed by atoms with Gasteiger partial charge in [0.05, 0.1) is 17.5 Å². The molecule has 0 amide bonds. The third-order valence-electron chi connectivity index (χ3n) is 5.13. The van der Waals surface area contributed by atoms with Crippen molar-refractivity contribution in [3.05, 3.63) is 24.0 Å². The van der Waals surface area contributed by atoms with Crippen LogP contribution in [-0.4, -0.2) is 64.0 Å². The molecule has 3 aromatic heterocycles. The first kappa shape index (κ1) is 18.1. The minimum Gasteiger partial charge on any atom is -0.388 e. The average Bonchev–Trinajstić information content (AvgIpc) is 3.23. The second kappa shape index (κ2) is 6.74. The van der Waals surface area contributed by atoms with Gasteiger partial charge < -0.3 is 20.6 Å². The van der Waals surface area contributed by atoms with Gasteiger partial charge in [0.2, 0.25) is 10.1 Å². The molecule has 4 rings (SSSR count). The smallest absolute Gasteiger partial charge is 0.214 e. The highest BCUT2D eigenvalue weighted by molar-refractivity contribution is 7.20. The van der Waals surface area contributed by atoms with Gasteiger partial charge >= 0.3 is 0 Å². The van der Waals surface area contributed by atoms with Crippen LogP contribution in [0.5, 0.6) is 0 Å². The maximum absolute atomic E-state index is 10.3. The number of imidazole rings is 1. The van der Waals surface area contributed by atoms with Crippen LogP contribution in [-0.2, 0) is 0 Å². The number of aromatic nitrogens is 4. The van der Waals surface area contributed by atoms with Gasteiger partial charge in [-0.2, -0.15) is 0 Å². The molecular weight excluding hydrogens is 362 g/mol. The summed E-state index contributed by atoms with van der Waals surface area (Å²) in [6.45, 7) is 3.78. The van der Waals surface area contributed by atoms with Crippen molar-refractivity contribution < 1.29 is 5.11 Å². The zero-order valence-corrected chi connectivity index (χ0v) is 16.7. The normalized spacial score (nSPS) is 16.9. The van der Waals surface area contributed by atoms with E-state index in [0.717, 1.165) is 46.0 Å². The van der Waals surface area contributed by atoms with E-state index in [1.807, 2.05) is 42.7 Å². The summed E-state index contributed by atoms with van der Waals surface area (Å²) >= 11 is 1.56. The zero-order valence-electron chi connectivity index (χ0n) is 15.9. The van der Waals surface area contributed by atoms with Crippen LogP contribution in [0.1, 0.15) is 18.5 Å². The van der Waals surface area contributed by atoms with Crippen LogP contribution in [0.25, 0.3) is 16.2 Å². The molecule has 1 aliphatic rings. The standard InChI is InChI=1S/C18H25N7OS/c1-12-4-5-13(15(21-12)23(2)3)14-10-20-16-25(14)22-17(27-16)24-8-6-18(26,11-19)7-9-24/h4-5,10,26H,6-9,11,19H2,1-3H3. The Morgan fingerprint density at radius 2 is 2.04 bits per heavy atom. The lowest BCUT2D eigenvalue weighted by molar-refractivity contribution is 0.0249. The number of nitrogens with two attached hydrogens (primary N) is 1. The van der Waals surface area contributed by atoms with Crippen LogP contribution in [0.4, 0.5) is 10.9 Å². The van der Waals surface area contributed by atoms with Gasteiger partial charge in [0.15, 0.2) is 0 Å². The number of fused-ring (bicyclic) bond motifs is 1. The Morgan fingerprint density at radius 3 is 2.70 bits per heavy atom. The van der Waals surface area contributed by atoms with Gasteiger partial charge in [-0.3, -0.25) is 0 Å². The van der Waals surface area contributed by atoms with E-state index < -0.39 is 5.60 Å². The van der Waals surface area contributed by atoms with Crippen molar-refractivity contribution in [1.29, 1.82) is 0 Å². The third kappa shape index (κ3) is 3.26. The molecule has 8 nitrogen and oxygen atoms in total. The van der Waals surface area contributed by atoms with Crippen molar-refractivity contribution in [3.63, 3.8) is 0 Å². The maximum Gasteiger partial charge on any atom is 0.214 e. The maximum atomic E-state index is 10.3. The Morgan fingerprint density at radius 1 is 1.30 bits per heavy atom. The summed E-state index contributed by atoms with van der Waals surface area (Å²) in [6.07, 6.45) is 3.17. The quantitative estimate of drug-likeness (QED) is 0.701. The first-order valence-electron chi connectivity index (χ1n) is 9.07. The molecule has 0 saturated carbocycles. The fraction of sp³-hybridized carbons (Fsp3) is 0.500. The van der Waals surface area contributed by atoms with E-state index in [4.69, 9.17) is 10.8 Å². The summed E-state index contributed by atoms with van der Waals surface area (Å²) in [4.78, 5) is 14.3. The van der Waals surface area contributed by atoms with Gasteiger partial charge in [0.25, 0.3) is 0 Å². The summed E-state index contributed by atoms with van der Waals surface area (Å²) < 4.78 is 1.89. The Balaban J connectivity index is 1.68. The Kier molecular flexibility index (Phi) is 4.53. The monoisotopic (exact) mass is 387 g/mol. The summed E-state index contributed by atoms with van der Waals surface area (Å²) in [6, 6.07) is 4.08. The van der Waals surface area contributed by atoms with Crippen LogP contribution in [0.2, 0.25) is 0 Å². The first-order valence-corrected chi connectivity index (χ1v) is 9.89. The van der Waals surface area contributed by atoms with Crippen molar-refractivity contribution in [3.8, 4) is 11.3 Å². The molecule has 27 heavy (non-hydrogen) atoms. The van der Waals surface area contributed by atoms with Gasteiger partial charge in [0, 0.05) is 45.0 Å². The van der Waals surface area contributed by atoms with E-state index in [9.17, 15) is 5.11 Å². The van der Waals surface area contributed by atoms with Gasteiger partial charge in [-0.05, 0) is 31.9 Å². The summed E-state index contributed by atoms with van der Waals surface area (Å²) in [5, 5.41) is 16.1. The van der Waals surface area contributed by atoms with E-state index in [0.29, 0.717) is 19.4 Å². The summed E-state index contributed by atoms with van der Waals surface area (Å²) in [7, 11) is 3.98. The SMILES string of the molecule is Cc1ccc(-c2cnc3sc(N4CCC(O)(CN)CC4)nn23)c(N(C)C)n1. The molecule has 0 bridgehead atoms. The van der Waals surface area contributed by atoms with Crippen LogP contribution in [0.15, 0.2) is 18.3 Å². The van der Waals surface area contributed by atoms with Crippen molar-refractivity contribution in [2.75, 3.05) is 43.5 Å². The second-order valence-corrected chi connectivity index (χ2v) is 8.29. The zero-order chi connectivity index (χ0) is 19.2. The third-order valence-corrected chi connectivity index (χ3v) is 6.12. The van der Waals surface area contributed by atoms with Gasteiger partial charge in [0.1, 0.15) is 5.82 Å². The van der Waals surface area contributed by atoms with Crippen LogP contribution >= 0.6 is 11.3 Å². The van der Waals surface area contributed by atoms with E-state index in [2.05, 4.69) is 20.9 Å². The van der Waals surface area contributed by atoms with Crippen molar-refractivity contribution in [2.45, 2.75) is 25.4 Å². The molecule has 0 radical (unpaired) electrons. The fourth-order valence-corrected chi connectivity index (χ4v) is 4.32. The van der Waals surface area contributed by atoms with Crippen LogP contribution in [0, 0.1) is 6.92 Å². The predicted molar refractivity (Wildman–Crippen MR) is 109 cm³/mol. The molecule has 144 valence electrons. The molecule has 0 spiro atoms. The summed E-state index contributed by atoms with van der Waals surface area (Å²) in [5.74, 6) is 0.900. The number of hydrogen-bond donors (Lipinski definition) is 2. The lowest BCUT2D eigenvalue weighted by Gasteiger charge is -2.37. The lowest BCUT2D eigenvalue weighted by atomic mass is 9.92. The number of hydrogen-bond acceptors (Lipinski definition) is 8. The Bertz CT molecular complexity index is 956. The molecule has 9 heteroatoms. The molecule has 3 aromatic rings. The molecule has 0 unspecified atom stereocenters. The van der Waals surface area contributed by atoms with E-state index in [1.165, 1.54) is 0 Å². The minimum atomic E-state index is -0.743. The molecule has 1 aliphatic heterocycles. The van der Waals surface area contributed by atoms with Gasteiger partial charge in [-0.1, -0.05) is 11.3 Å². The van der Waals surface area contributed by atoms with Crippen molar-refractivity contribution >= 4 is 27.2 Å². The van der Waals surface area contributed by atoms with Gasteiger partial charge in [-0.15, -0.1) is 5.10 Å². The number of nitrogens with zero attached hydrogens (tertiary/aromatic N) is 6. The van der Waals surface area contributed by atoms with E-state index >= 15 is 0 Å². The summed E-state index contributed by atoms with van der Waals surface area (Å²) in [5.41, 5.74) is 7.86. The van der Waals surface area contributed by atoms with Crippen molar-refractivity contribution in [2.24, 2.45) is 5.73 Å².